The number of nitrogens with zero attached hydrogens (tertiary/aromatic N) is 1. The molecule has 24 heavy (non-hydrogen) atoms. The fraction of sp³-hybridized carbons (Fsp3) is 0.200. The Balaban J connectivity index is 1.58. The fourth-order valence-electron chi connectivity index (χ4n) is 1.97. The maximum Gasteiger partial charge on any atom is 0.416 e. The maximum absolute atomic E-state index is 12.6. The molecule has 0 bridgehead atoms. The van der Waals surface area contributed by atoms with E-state index in [0.717, 1.165) is 12.1 Å². The number of halogens is 3. The number of amides is 1. The minimum atomic E-state index is -4.47. The highest BCUT2D eigenvalue weighted by Crippen LogP contribution is 2.32. The van der Waals surface area contributed by atoms with Crippen molar-refractivity contribution in [1.82, 2.24) is 4.98 Å². The third-order valence-electron chi connectivity index (χ3n) is 3.04. The minimum Gasteiger partial charge on any atom is -0.484 e. The lowest BCUT2D eigenvalue weighted by Crippen LogP contribution is -2.20. The average molecular weight is 340 g/mol. The first-order valence-electron chi connectivity index (χ1n) is 6.77. The summed E-state index contributed by atoms with van der Waals surface area (Å²) in [7, 11) is 0. The number of carbonyl (C=O) groups excluding carboxylic acids is 1. The molecule has 3 rings (SSSR count). The Bertz CT molecular complexity index is 765. The molecule has 1 aliphatic rings. The summed E-state index contributed by atoms with van der Waals surface area (Å²) in [6.45, 7) is -0.395. The maximum atomic E-state index is 12.6. The van der Waals surface area contributed by atoms with Gasteiger partial charge in [0.25, 0.3) is 11.8 Å². The van der Waals surface area contributed by atoms with Gasteiger partial charge in [0.05, 0.1) is 17.4 Å². The van der Waals surface area contributed by atoms with Gasteiger partial charge in [-0.3, -0.25) is 4.79 Å². The molecule has 0 atom stereocenters. The van der Waals surface area contributed by atoms with Crippen LogP contribution in [0, 0.1) is 0 Å². The number of rotatable bonds is 4. The fourth-order valence-corrected chi connectivity index (χ4v) is 1.97. The van der Waals surface area contributed by atoms with Gasteiger partial charge in [-0.15, -0.1) is 0 Å². The van der Waals surface area contributed by atoms with E-state index in [1.54, 1.807) is 0 Å². The number of anilines is 1. The normalized spacial score (nSPS) is 12.8. The minimum absolute atomic E-state index is 0.0520. The highest BCUT2D eigenvalue weighted by Gasteiger charge is 2.30. The molecule has 2 heterocycles. The van der Waals surface area contributed by atoms with Crippen LogP contribution in [0.5, 0.6) is 17.4 Å². The van der Waals surface area contributed by atoms with Crippen molar-refractivity contribution in [3.05, 3.63) is 42.1 Å². The quantitative estimate of drug-likeness (QED) is 0.927. The molecule has 1 aromatic carbocycles. The molecule has 1 aliphatic heterocycles. The van der Waals surface area contributed by atoms with Gasteiger partial charge in [0, 0.05) is 6.07 Å². The zero-order valence-electron chi connectivity index (χ0n) is 12.1. The van der Waals surface area contributed by atoms with Gasteiger partial charge in [-0.2, -0.15) is 13.2 Å². The van der Waals surface area contributed by atoms with Crippen molar-refractivity contribution in [2.24, 2.45) is 0 Å². The Morgan fingerprint density at radius 1 is 1.29 bits per heavy atom. The van der Waals surface area contributed by atoms with Crippen LogP contribution in [0.3, 0.4) is 0 Å². The molecule has 1 amide bonds. The molecule has 0 saturated carbocycles. The summed E-state index contributed by atoms with van der Waals surface area (Å²) in [5, 5.41) is 2.50. The third kappa shape index (κ3) is 3.67. The highest BCUT2D eigenvalue weighted by molar-refractivity contribution is 5.92. The zero-order chi connectivity index (χ0) is 17.2. The Morgan fingerprint density at radius 3 is 2.92 bits per heavy atom. The van der Waals surface area contributed by atoms with E-state index >= 15 is 0 Å². The lowest BCUT2D eigenvalue weighted by molar-refractivity contribution is -0.137. The van der Waals surface area contributed by atoms with Crippen LogP contribution in [0.15, 0.2) is 36.5 Å². The van der Waals surface area contributed by atoms with Crippen LogP contribution in [0.25, 0.3) is 0 Å². The van der Waals surface area contributed by atoms with E-state index in [1.165, 1.54) is 24.4 Å². The van der Waals surface area contributed by atoms with Crippen molar-refractivity contribution in [2.45, 2.75) is 6.18 Å². The van der Waals surface area contributed by atoms with Gasteiger partial charge in [-0.25, -0.2) is 4.98 Å². The second kappa shape index (κ2) is 6.26. The number of nitrogens with one attached hydrogen (secondary N) is 1. The average Bonchev–Trinajstić information content (AvgIpc) is 3.00. The van der Waals surface area contributed by atoms with Crippen molar-refractivity contribution in [3.63, 3.8) is 0 Å². The summed E-state index contributed by atoms with van der Waals surface area (Å²) in [5.74, 6) is 0.122. The lowest BCUT2D eigenvalue weighted by atomic mass is 10.2. The molecule has 1 N–H and O–H groups in total. The van der Waals surface area contributed by atoms with Gasteiger partial charge in [0.1, 0.15) is 5.75 Å². The molecular weight excluding hydrogens is 329 g/mol. The van der Waals surface area contributed by atoms with E-state index in [-0.39, 0.29) is 12.5 Å². The molecule has 1 aromatic heterocycles. The molecule has 9 heteroatoms. The molecule has 126 valence electrons. The molecule has 0 saturated heterocycles. The monoisotopic (exact) mass is 340 g/mol. The van der Waals surface area contributed by atoms with Gasteiger partial charge >= 0.3 is 6.18 Å². The molecule has 0 unspecified atom stereocenters. The van der Waals surface area contributed by atoms with Crippen molar-refractivity contribution in [3.8, 4) is 17.4 Å². The van der Waals surface area contributed by atoms with Crippen LogP contribution in [0.1, 0.15) is 5.56 Å². The summed E-state index contributed by atoms with van der Waals surface area (Å²) in [5.41, 5.74) is -0.489. The van der Waals surface area contributed by atoms with Crippen LogP contribution in [0.4, 0.5) is 18.9 Å². The standard InChI is InChI=1S/C15H11F3N2O4/c16-15(17,18)9-2-1-3-11(4-9)22-7-13(21)20-10-5-12-14(19-6-10)24-8-23-12/h1-6H,7-8H2,(H,20,21). The van der Waals surface area contributed by atoms with E-state index in [1.807, 2.05) is 0 Å². The number of hydrogen-bond donors (Lipinski definition) is 1. The smallest absolute Gasteiger partial charge is 0.416 e. The Hall–Kier alpha value is -2.97. The van der Waals surface area contributed by atoms with Gasteiger partial charge < -0.3 is 19.5 Å². The number of aromatic nitrogens is 1. The highest BCUT2D eigenvalue weighted by atomic mass is 19.4. The largest absolute Gasteiger partial charge is 0.484 e. The molecule has 6 nitrogen and oxygen atoms in total. The van der Waals surface area contributed by atoms with E-state index in [2.05, 4.69) is 10.3 Å². The summed E-state index contributed by atoms with van der Waals surface area (Å²) >= 11 is 0. The van der Waals surface area contributed by atoms with Crippen molar-refractivity contribution < 1.29 is 32.2 Å². The number of alkyl halides is 3. The first-order valence-corrected chi connectivity index (χ1v) is 6.77. The van der Waals surface area contributed by atoms with Crippen molar-refractivity contribution in [2.75, 3.05) is 18.7 Å². The Labute approximate surface area is 134 Å². The predicted octanol–water partition coefficient (Wildman–Crippen LogP) is 2.85. The van der Waals surface area contributed by atoms with E-state index < -0.39 is 24.3 Å². The number of fused-ring (bicyclic) bond motifs is 1. The number of hydrogen-bond acceptors (Lipinski definition) is 5. The number of carbonyl (C=O) groups is 1. The van der Waals surface area contributed by atoms with E-state index in [9.17, 15) is 18.0 Å². The predicted molar refractivity (Wildman–Crippen MR) is 75.9 cm³/mol. The van der Waals surface area contributed by atoms with Crippen LogP contribution >= 0.6 is 0 Å². The molecule has 0 radical (unpaired) electrons. The van der Waals surface area contributed by atoms with Gasteiger partial charge in [0.2, 0.25) is 6.79 Å². The summed E-state index contributed by atoms with van der Waals surface area (Å²) < 4.78 is 53.0. The number of benzene rings is 1. The zero-order valence-corrected chi connectivity index (χ0v) is 12.1. The van der Waals surface area contributed by atoms with Gasteiger partial charge in [0.15, 0.2) is 12.4 Å². The molecule has 0 fully saturated rings. The second-order valence-electron chi connectivity index (χ2n) is 4.80. The van der Waals surface area contributed by atoms with Gasteiger partial charge in [-0.1, -0.05) is 6.07 Å². The number of pyridine rings is 1. The SMILES string of the molecule is O=C(COc1cccc(C(F)(F)F)c1)Nc1cnc2c(c1)OCO2. The second-order valence-corrected chi connectivity index (χ2v) is 4.80. The van der Waals surface area contributed by atoms with Crippen molar-refractivity contribution >= 4 is 11.6 Å². The molecule has 0 spiro atoms. The molecule has 2 aromatic rings. The topological polar surface area (TPSA) is 69.7 Å². The lowest BCUT2D eigenvalue weighted by Gasteiger charge is -2.10. The molecule has 0 aliphatic carbocycles. The first-order chi connectivity index (χ1) is 11.4. The summed E-state index contributed by atoms with van der Waals surface area (Å²) in [6.07, 6.45) is -3.10. The van der Waals surface area contributed by atoms with Crippen LogP contribution in [0.2, 0.25) is 0 Å². The van der Waals surface area contributed by atoms with Crippen LogP contribution in [-0.4, -0.2) is 24.3 Å². The number of ether oxygens (including phenoxy) is 3. The van der Waals surface area contributed by atoms with E-state index in [4.69, 9.17) is 14.2 Å². The Kier molecular flexibility index (Phi) is 4.15. The van der Waals surface area contributed by atoms with Crippen LogP contribution in [-0.2, 0) is 11.0 Å². The van der Waals surface area contributed by atoms with Crippen molar-refractivity contribution in [1.29, 1.82) is 0 Å². The van der Waals surface area contributed by atoms with E-state index in [0.29, 0.717) is 17.3 Å². The molecular formula is C15H11F3N2O4. The summed E-state index contributed by atoms with van der Waals surface area (Å²) in [4.78, 5) is 15.8. The third-order valence-corrected chi connectivity index (χ3v) is 3.04. The Morgan fingerprint density at radius 2 is 2.12 bits per heavy atom. The first kappa shape index (κ1) is 15.9. The summed E-state index contributed by atoms with van der Waals surface area (Å²) in [6, 6.07) is 5.82. The van der Waals surface area contributed by atoms with Crippen LogP contribution < -0.4 is 19.5 Å². The van der Waals surface area contributed by atoms with Gasteiger partial charge in [-0.05, 0) is 18.2 Å².